The molecular formula is C22H31IO2. The number of rotatable bonds is 3. The van der Waals surface area contributed by atoms with E-state index in [1.54, 1.807) is 0 Å². The number of alkyl halides is 1. The van der Waals surface area contributed by atoms with Crippen LogP contribution in [-0.2, 0) is 9.53 Å². The van der Waals surface area contributed by atoms with E-state index in [-0.39, 0.29) is 5.60 Å². The number of carbonyl (C=O) groups excluding carboxylic acids is 1. The minimum Gasteiger partial charge on any atom is -0.374 e. The first-order valence-electron chi connectivity index (χ1n) is 10.4. The smallest absolute Gasteiger partial charge is 0.155 e. The van der Waals surface area contributed by atoms with Crippen LogP contribution in [0.3, 0.4) is 0 Å². The van der Waals surface area contributed by atoms with Gasteiger partial charge < -0.3 is 4.74 Å². The van der Waals surface area contributed by atoms with Crippen LogP contribution in [0.1, 0.15) is 58.8 Å². The summed E-state index contributed by atoms with van der Waals surface area (Å²) in [6.07, 6.45) is 10.6. The molecule has 0 bridgehead atoms. The van der Waals surface area contributed by atoms with Crippen LogP contribution in [0, 0.1) is 40.9 Å². The van der Waals surface area contributed by atoms with Crippen LogP contribution in [0.4, 0.5) is 0 Å². The molecule has 0 radical (unpaired) electrons. The largest absolute Gasteiger partial charge is 0.374 e. The molecule has 8 atom stereocenters. The lowest BCUT2D eigenvalue weighted by molar-refractivity contribution is -0.159. The van der Waals surface area contributed by atoms with Gasteiger partial charge in [-0.05, 0) is 92.4 Å². The van der Waals surface area contributed by atoms with Crippen LogP contribution < -0.4 is 0 Å². The minimum atomic E-state index is 0.108. The Bertz CT molecular complexity index is 628. The van der Waals surface area contributed by atoms with E-state index in [1.807, 2.05) is 6.08 Å². The maximum absolute atomic E-state index is 11.9. The second-order valence-corrected chi connectivity index (χ2v) is 10.9. The zero-order valence-electron chi connectivity index (χ0n) is 15.6. The molecule has 0 aromatic rings. The minimum absolute atomic E-state index is 0.108. The van der Waals surface area contributed by atoms with Crippen molar-refractivity contribution in [3.8, 4) is 0 Å². The molecule has 0 N–H and O–H groups in total. The maximum atomic E-state index is 11.9. The fraction of sp³-hybridized carbons (Fsp3) is 0.864. The Balaban J connectivity index is 1.45. The fourth-order valence-corrected chi connectivity index (χ4v) is 8.21. The van der Waals surface area contributed by atoms with E-state index in [0.29, 0.717) is 11.2 Å². The van der Waals surface area contributed by atoms with Gasteiger partial charge in [0, 0.05) is 10.8 Å². The molecule has 0 aliphatic heterocycles. The molecule has 4 fully saturated rings. The number of hydrogen-bond donors (Lipinski definition) is 0. The van der Waals surface area contributed by atoms with Gasteiger partial charge in [0.25, 0.3) is 0 Å². The summed E-state index contributed by atoms with van der Waals surface area (Å²) in [6.45, 7) is 5.94. The Morgan fingerprint density at radius 3 is 2.80 bits per heavy atom. The van der Waals surface area contributed by atoms with Crippen molar-refractivity contribution in [3.63, 3.8) is 0 Å². The lowest BCUT2D eigenvalue weighted by Gasteiger charge is -2.57. The molecule has 4 saturated carbocycles. The van der Waals surface area contributed by atoms with E-state index < -0.39 is 0 Å². The quantitative estimate of drug-likeness (QED) is 0.433. The summed E-state index contributed by atoms with van der Waals surface area (Å²) in [5.74, 6) is 5.44. The van der Waals surface area contributed by atoms with Gasteiger partial charge in [-0.15, -0.1) is 0 Å². The number of carbonyl (C=O) groups is 1. The third kappa shape index (κ3) is 2.26. The Morgan fingerprint density at radius 1 is 1.16 bits per heavy atom. The summed E-state index contributed by atoms with van der Waals surface area (Å²) in [7, 11) is 0. The average molecular weight is 454 g/mol. The van der Waals surface area contributed by atoms with E-state index in [0.717, 1.165) is 59.4 Å². The summed E-state index contributed by atoms with van der Waals surface area (Å²) in [6, 6.07) is 0. The van der Waals surface area contributed by atoms with Crippen LogP contribution in [0.15, 0.2) is 11.6 Å². The maximum Gasteiger partial charge on any atom is 0.155 e. The first-order valence-corrected chi connectivity index (χ1v) is 12.0. The molecule has 138 valence electrons. The number of allylic oxidation sites excluding steroid dienone is 1. The van der Waals surface area contributed by atoms with Crippen LogP contribution in [-0.4, -0.2) is 22.4 Å². The zero-order chi connectivity index (χ0) is 17.4. The third-order valence-corrected chi connectivity index (χ3v) is 9.61. The highest BCUT2D eigenvalue weighted by Gasteiger charge is 2.74. The standard InChI is InChI=1S/C22H31IO2/c1-21-8-7-16-15-6-4-14(24)11-13(15)3-5-17(16)20(21)18-12-19(18)22(21,2)25-10-9-23/h11,15-20H,3-10,12H2,1-2H3/t15?,16?,17?,18-,19?,20?,21?,22+/m1/s1. The highest BCUT2D eigenvalue weighted by molar-refractivity contribution is 14.1. The number of ether oxygens (including phenoxy) is 1. The fourth-order valence-electron chi connectivity index (χ4n) is 7.99. The van der Waals surface area contributed by atoms with E-state index in [9.17, 15) is 4.79 Å². The van der Waals surface area contributed by atoms with Crippen molar-refractivity contribution in [1.29, 1.82) is 0 Å². The third-order valence-electron chi connectivity index (χ3n) is 9.17. The summed E-state index contributed by atoms with van der Waals surface area (Å²) in [5.41, 5.74) is 1.99. The van der Waals surface area contributed by atoms with Crippen molar-refractivity contribution in [2.75, 3.05) is 11.0 Å². The Labute approximate surface area is 165 Å². The van der Waals surface area contributed by atoms with E-state index in [4.69, 9.17) is 4.74 Å². The molecule has 2 nitrogen and oxygen atoms in total. The molecule has 6 unspecified atom stereocenters. The van der Waals surface area contributed by atoms with Crippen molar-refractivity contribution in [1.82, 2.24) is 0 Å². The number of ketones is 1. The second-order valence-electron chi connectivity index (χ2n) is 9.83. The van der Waals surface area contributed by atoms with E-state index in [1.165, 1.54) is 37.7 Å². The van der Waals surface area contributed by atoms with Gasteiger partial charge in [0.1, 0.15) is 0 Å². The van der Waals surface area contributed by atoms with Gasteiger partial charge in [0.05, 0.1) is 12.2 Å². The van der Waals surface area contributed by atoms with Gasteiger partial charge in [0.15, 0.2) is 5.78 Å². The predicted molar refractivity (Wildman–Crippen MR) is 108 cm³/mol. The number of hydrogen-bond acceptors (Lipinski definition) is 2. The topological polar surface area (TPSA) is 26.3 Å². The Hall–Kier alpha value is 0.1000. The summed E-state index contributed by atoms with van der Waals surface area (Å²) in [5, 5.41) is 0. The molecule has 0 aromatic heterocycles. The highest BCUT2D eigenvalue weighted by Crippen LogP contribution is 2.76. The monoisotopic (exact) mass is 454 g/mol. The molecular weight excluding hydrogens is 423 g/mol. The first-order chi connectivity index (χ1) is 12.0. The van der Waals surface area contributed by atoms with Gasteiger partial charge in [-0.2, -0.15) is 0 Å². The normalized spacial score (nSPS) is 53.4. The summed E-state index contributed by atoms with van der Waals surface area (Å²) >= 11 is 2.45. The van der Waals surface area contributed by atoms with E-state index >= 15 is 0 Å². The van der Waals surface area contributed by atoms with Crippen molar-refractivity contribution >= 4 is 28.4 Å². The molecule has 0 spiro atoms. The second kappa shape index (κ2) is 5.80. The van der Waals surface area contributed by atoms with Crippen LogP contribution >= 0.6 is 22.6 Å². The van der Waals surface area contributed by atoms with Gasteiger partial charge >= 0.3 is 0 Å². The van der Waals surface area contributed by atoms with Crippen LogP contribution in [0.5, 0.6) is 0 Å². The van der Waals surface area contributed by atoms with E-state index in [2.05, 4.69) is 36.4 Å². The highest BCUT2D eigenvalue weighted by atomic mass is 127. The van der Waals surface area contributed by atoms with Crippen molar-refractivity contribution < 1.29 is 9.53 Å². The molecule has 0 heterocycles. The Morgan fingerprint density at radius 2 is 2.00 bits per heavy atom. The van der Waals surface area contributed by atoms with Crippen molar-refractivity contribution in [3.05, 3.63) is 11.6 Å². The SMILES string of the molecule is CC12CCC3C4CCC(=O)C=C4CCC3C1[C@@H]1CC1[C@]2(C)OCCI. The lowest BCUT2D eigenvalue weighted by atomic mass is 9.49. The van der Waals surface area contributed by atoms with Crippen LogP contribution in [0.2, 0.25) is 0 Å². The predicted octanol–water partition coefficient (Wildman–Crippen LogP) is 5.19. The Kier molecular flexibility index (Phi) is 3.99. The zero-order valence-corrected chi connectivity index (χ0v) is 17.8. The lowest BCUT2D eigenvalue weighted by Crippen LogP contribution is -2.55. The average Bonchev–Trinajstić information content (AvgIpc) is 3.36. The molecule has 5 aliphatic rings. The van der Waals surface area contributed by atoms with Crippen LogP contribution in [0.25, 0.3) is 0 Å². The molecule has 3 heteroatoms. The number of halogens is 1. The van der Waals surface area contributed by atoms with Gasteiger partial charge in [0.2, 0.25) is 0 Å². The van der Waals surface area contributed by atoms with Crippen molar-refractivity contribution in [2.24, 2.45) is 40.9 Å². The molecule has 25 heavy (non-hydrogen) atoms. The number of fused-ring (bicyclic) bond motifs is 7. The molecule has 5 aliphatic carbocycles. The molecule has 5 rings (SSSR count). The first kappa shape index (κ1) is 17.2. The molecule has 0 amide bonds. The summed E-state index contributed by atoms with van der Waals surface area (Å²) < 4.78 is 7.70. The summed E-state index contributed by atoms with van der Waals surface area (Å²) in [4.78, 5) is 11.9. The van der Waals surface area contributed by atoms with Gasteiger partial charge in [-0.25, -0.2) is 0 Å². The molecule has 0 saturated heterocycles. The van der Waals surface area contributed by atoms with Crippen molar-refractivity contribution in [2.45, 2.75) is 64.4 Å². The van der Waals surface area contributed by atoms with Gasteiger partial charge in [-0.1, -0.05) is 35.1 Å². The molecule has 0 aromatic carbocycles. The van der Waals surface area contributed by atoms with Gasteiger partial charge in [-0.3, -0.25) is 4.79 Å².